The molecule has 0 aromatic carbocycles. The Morgan fingerprint density at radius 1 is 1.42 bits per heavy atom. The molecule has 0 unspecified atom stereocenters. The van der Waals surface area contributed by atoms with Gasteiger partial charge in [0.15, 0.2) is 0 Å². The number of aromatic nitrogens is 2. The molecular formula is C13H15N3O3. The highest BCUT2D eigenvalue weighted by Gasteiger charge is 2.25. The lowest BCUT2D eigenvalue weighted by molar-refractivity contribution is -0.140. The average molecular weight is 261 g/mol. The van der Waals surface area contributed by atoms with E-state index in [1.54, 1.807) is 32.2 Å². The highest BCUT2D eigenvalue weighted by molar-refractivity contribution is 6.06. The number of carbonyl (C=O) groups is 2. The standard InChI is InChI=1S/C13H15N3O3/c1-7(2)10(13(18)19)16-12(17)9-6-15-11-8(9)4-3-5-14-11/h3-7,10H,1-2H3,(H,14,15)(H,16,17)(H,18,19)/t10-/m0/s1. The number of nitrogens with one attached hydrogen (secondary N) is 2. The van der Waals surface area contributed by atoms with Crippen molar-refractivity contribution in [2.75, 3.05) is 0 Å². The fourth-order valence-corrected chi connectivity index (χ4v) is 1.88. The van der Waals surface area contributed by atoms with Crippen LogP contribution in [0.3, 0.4) is 0 Å². The highest BCUT2D eigenvalue weighted by atomic mass is 16.4. The topological polar surface area (TPSA) is 95.1 Å². The Bertz CT molecular complexity index is 618. The number of aliphatic carboxylic acids is 1. The Morgan fingerprint density at radius 3 is 2.79 bits per heavy atom. The molecule has 2 heterocycles. The summed E-state index contributed by atoms with van der Waals surface area (Å²) in [5, 5.41) is 12.3. The van der Waals surface area contributed by atoms with E-state index in [0.717, 1.165) is 0 Å². The average Bonchev–Trinajstić information content (AvgIpc) is 2.78. The van der Waals surface area contributed by atoms with Gasteiger partial charge in [-0.1, -0.05) is 13.8 Å². The van der Waals surface area contributed by atoms with E-state index in [-0.39, 0.29) is 5.92 Å². The lowest BCUT2D eigenvalue weighted by Gasteiger charge is -2.17. The van der Waals surface area contributed by atoms with Gasteiger partial charge in [-0.25, -0.2) is 9.78 Å². The second-order valence-electron chi connectivity index (χ2n) is 4.64. The van der Waals surface area contributed by atoms with Crippen LogP contribution in [0.15, 0.2) is 24.5 Å². The normalized spacial score (nSPS) is 12.6. The van der Waals surface area contributed by atoms with Gasteiger partial charge in [0.2, 0.25) is 0 Å². The summed E-state index contributed by atoms with van der Waals surface area (Å²) in [6, 6.07) is 2.58. The van der Waals surface area contributed by atoms with E-state index in [0.29, 0.717) is 16.6 Å². The predicted octanol–water partition coefficient (Wildman–Crippen LogP) is 1.40. The molecular weight excluding hydrogens is 246 g/mol. The van der Waals surface area contributed by atoms with Crippen molar-refractivity contribution in [1.29, 1.82) is 0 Å². The van der Waals surface area contributed by atoms with Crippen molar-refractivity contribution in [3.05, 3.63) is 30.1 Å². The summed E-state index contributed by atoms with van der Waals surface area (Å²) in [6.07, 6.45) is 3.15. The molecule has 2 rings (SSSR count). The number of aromatic amines is 1. The van der Waals surface area contributed by atoms with Crippen LogP contribution in [0.4, 0.5) is 0 Å². The SMILES string of the molecule is CC(C)[C@H](NC(=O)c1c[nH]c2ncccc12)C(=O)O. The molecule has 0 bridgehead atoms. The minimum Gasteiger partial charge on any atom is -0.480 e. The maximum atomic E-state index is 12.1. The Kier molecular flexibility index (Phi) is 3.50. The molecule has 0 aliphatic carbocycles. The highest BCUT2D eigenvalue weighted by Crippen LogP contribution is 2.16. The van der Waals surface area contributed by atoms with E-state index in [1.807, 2.05) is 0 Å². The summed E-state index contributed by atoms with van der Waals surface area (Å²) < 4.78 is 0. The minimum absolute atomic E-state index is 0.190. The number of amides is 1. The van der Waals surface area contributed by atoms with Gasteiger partial charge < -0.3 is 15.4 Å². The molecule has 1 amide bonds. The number of carboxylic acids is 1. The smallest absolute Gasteiger partial charge is 0.326 e. The van der Waals surface area contributed by atoms with E-state index in [9.17, 15) is 9.59 Å². The lowest BCUT2D eigenvalue weighted by atomic mass is 10.0. The summed E-state index contributed by atoms with van der Waals surface area (Å²) in [5.74, 6) is -1.65. The first kappa shape index (κ1) is 13.1. The number of nitrogens with zero attached hydrogens (tertiary/aromatic N) is 1. The van der Waals surface area contributed by atoms with Gasteiger partial charge in [0, 0.05) is 17.8 Å². The Labute approximate surface area is 109 Å². The van der Waals surface area contributed by atoms with E-state index >= 15 is 0 Å². The molecule has 6 heteroatoms. The minimum atomic E-state index is -1.04. The molecule has 1 atom stereocenters. The van der Waals surface area contributed by atoms with Gasteiger partial charge >= 0.3 is 5.97 Å². The van der Waals surface area contributed by atoms with Crippen molar-refractivity contribution >= 4 is 22.9 Å². The van der Waals surface area contributed by atoms with Gasteiger partial charge in [-0.2, -0.15) is 0 Å². The van der Waals surface area contributed by atoms with Crippen molar-refractivity contribution in [2.24, 2.45) is 5.92 Å². The predicted molar refractivity (Wildman–Crippen MR) is 69.8 cm³/mol. The van der Waals surface area contributed by atoms with Crippen molar-refractivity contribution < 1.29 is 14.7 Å². The number of pyridine rings is 1. The third-order valence-electron chi connectivity index (χ3n) is 2.92. The van der Waals surface area contributed by atoms with Crippen LogP contribution in [0, 0.1) is 5.92 Å². The van der Waals surface area contributed by atoms with Gasteiger partial charge in [0.25, 0.3) is 5.91 Å². The largest absolute Gasteiger partial charge is 0.480 e. The zero-order valence-corrected chi connectivity index (χ0v) is 10.7. The summed E-state index contributed by atoms with van der Waals surface area (Å²) in [7, 11) is 0. The van der Waals surface area contributed by atoms with Crippen molar-refractivity contribution in [1.82, 2.24) is 15.3 Å². The summed E-state index contributed by atoms with van der Waals surface area (Å²) >= 11 is 0. The fourth-order valence-electron chi connectivity index (χ4n) is 1.88. The van der Waals surface area contributed by atoms with Crippen molar-refractivity contribution in [3.63, 3.8) is 0 Å². The van der Waals surface area contributed by atoms with E-state index in [1.165, 1.54) is 6.20 Å². The summed E-state index contributed by atoms with van der Waals surface area (Å²) in [4.78, 5) is 30.2. The lowest BCUT2D eigenvalue weighted by Crippen LogP contribution is -2.44. The molecule has 0 saturated heterocycles. The van der Waals surface area contributed by atoms with Crippen molar-refractivity contribution in [3.8, 4) is 0 Å². The Balaban J connectivity index is 2.27. The van der Waals surface area contributed by atoms with Crippen LogP contribution in [-0.2, 0) is 4.79 Å². The number of carboxylic acid groups (broad SMARTS) is 1. The van der Waals surface area contributed by atoms with Crippen LogP contribution >= 0.6 is 0 Å². The maximum Gasteiger partial charge on any atom is 0.326 e. The van der Waals surface area contributed by atoms with Crippen LogP contribution in [0.5, 0.6) is 0 Å². The number of carbonyl (C=O) groups excluding carboxylic acids is 1. The van der Waals surface area contributed by atoms with Gasteiger partial charge in [0.05, 0.1) is 5.56 Å². The first-order valence-corrected chi connectivity index (χ1v) is 5.96. The van der Waals surface area contributed by atoms with Gasteiger partial charge in [-0.15, -0.1) is 0 Å². The number of rotatable bonds is 4. The maximum absolute atomic E-state index is 12.1. The van der Waals surface area contributed by atoms with Crippen LogP contribution in [0.2, 0.25) is 0 Å². The van der Waals surface area contributed by atoms with E-state index in [4.69, 9.17) is 5.11 Å². The molecule has 100 valence electrons. The first-order valence-electron chi connectivity index (χ1n) is 5.96. The number of fused-ring (bicyclic) bond motifs is 1. The van der Waals surface area contributed by atoms with Crippen LogP contribution < -0.4 is 5.32 Å². The zero-order valence-electron chi connectivity index (χ0n) is 10.7. The molecule has 0 aliphatic heterocycles. The fraction of sp³-hybridized carbons (Fsp3) is 0.308. The molecule has 19 heavy (non-hydrogen) atoms. The second-order valence-corrected chi connectivity index (χ2v) is 4.64. The molecule has 3 N–H and O–H groups in total. The Morgan fingerprint density at radius 2 is 2.16 bits per heavy atom. The Hall–Kier alpha value is -2.37. The molecule has 0 aliphatic rings. The molecule has 2 aromatic rings. The molecule has 0 fully saturated rings. The van der Waals surface area contributed by atoms with Crippen LogP contribution in [0.25, 0.3) is 11.0 Å². The number of hydrogen-bond acceptors (Lipinski definition) is 3. The number of H-pyrrole nitrogens is 1. The third kappa shape index (κ3) is 2.57. The zero-order chi connectivity index (χ0) is 14.0. The summed E-state index contributed by atoms with van der Waals surface area (Å²) in [6.45, 7) is 3.49. The molecule has 0 spiro atoms. The van der Waals surface area contributed by atoms with Crippen LogP contribution in [-0.4, -0.2) is 33.0 Å². The molecule has 0 radical (unpaired) electrons. The number of hydrogen-bond donors (Lipinski definition) is 3. The van der Waals surface area contributed by atoms with Gasteiger partial charge in [-0.3, -0.25) is 4.79 Å². The van der Waals surface area contributed by atoms with Crippen LogP contribution in [0.1, 0.15) is 24.2 Å². The molecule has 6 nitrogen and oxygen atoms in total. The quantitative estimate of drug-likeness (QED) is 0.775. The van der Waals surface area contributed by atoms with Crippen molar-refractivity contribution in [2.45, 2.75) is 19.9 Å². The first-order chi connectivity index (χ1) is 9.00. The second kappa shape index (κ2) is 5.09. The molecule has 0 saturated carbocycles. The van der Waals surface area contributed by atoms with E-state index < -0.39 is 17.9 Å². The van der Waals surface area contributed by atoms with E-state index in [2.05, 4.69) is 15.3 Å². The summed E-state index contributed by atoms with van der Waals surface area (Å²) in [5.41, 5.74) is 0.999. The van der Waals surface area contributed by atoms with Gasteiger partial charge in [0.1, 0.15) is 11.7 Å². The molecule has 2 aromatic heterocycles. The monoisotopic (exact) mass is 261 g/mol. The van der Waals surface area contributed by atoms with Gasteiger partial charge in [-0.05, 0) is 18.1 Å². The third-order valence-corrected chi connectivity index (χ3v) is 2.92.